The second kappa shape index (κ2) is 4.32. The molecule has 92 valence electrons. The summed E-state index contributed by atoms with van der Waals surface area (Å²) in [5, 5.41) is 3.44. The molecule has 3 rings (SSSR count). The molecule has 0 amide bonds. The summed E-state index contributed by atoms with van der Waals surface area (Å²) in [6.07, 6.45) is 0. The maximum absolute atomic E-state index is 6.18. The van der Waals surface area contributed by atoms with Crippen LogP contribution in [0.5, 0.6) is 5.75 Å². The maximum atomic E-state index is 6.18. The second-order valence-electron chi connectivity index (χ2n) is 4.69. The highest BCUT2D eigenvalue weighted by Crippen LogP contribution is 2.38. The van der Waals surface area contributed by atoms with Gasteiger partial charge in [0.25, 0.3) is 0 Å². The fourth-order valence-electron chi connectivity index (χ4n) is 2.22. The van der Waals surface area contributed by atoms with Crippen molar-refractivity contribution in [3.8, 4) is 5.75 Å². The molecule has 0 saturated carbocycles. The Bertz CT molecular complexity index is 570. The third-order valence-electron chi connectivity index (χ3n) is 3.28. The Morgan fingerprint density at radius 1 is 1.17 bits per heavy atom. The standard InChI is InChI=1S/C15H14BrNO/c1-15(11-5-3-2-4-6-11)10-17-13-9-12(16)7-8-14(13)18-15/h2-9,17H,10H2,1H3. The van der Waals surface area contributed by atoms with Crippen molar-refractivity contribution in [2.75, 3.05) is 11.9 Å². The molecule has 1 heterocycles. The molecule has 1 atom stereocenters. The first-order valence-electron chi connectivity index (χ1n) is 5.95. The van der Waals surface area contributed by atoms with Gasteiger partial charge in [-0.3, -0.25) is 0 Å². The van der Waals surface area contributed by atoms with E-state index < -0.39 is 0 Å². The number of benzene rings is 2. The minimum Gasteiger partial charge on any atom is -0.479 e. The van der Waals surface area contributed by atoms with Crippen LogP contribution in [0.4, 0.5) is 5.69 Å². The van der Waals surface area contributed by atoms with Crippen molar-refractivity contribution in [1.82, 2.24) is 0 Å². The summed E-state index contributed by atoms with van der Waals surface area (Å²) in [6, 6.07) is 16.3. The largest absolute Gasteiger partial charge is 0.479 e. The molecule has 1 aliphatic rings. The van der Waals surface area contributed by atoms with Crippen LogP contribution in [-0.2, 0) is 5.60 Å². The zero-order valence-electron chi connectivity index (χ0n) is 10.1. The highest BCUT2D eigenvalue weighted by atomic mass is 79.9. The summed E-state index contributed by atoms with van der Waals surface area (Å²) < 4.78 is 7.23. The molecule has 1 aliphatic heterocycles. The van der Waals surface area contributed by atoms with E-state index >= 15 is 0 Å². The minimum absolute atomic E-state index is 0.317. The van der Waals surface area contributed by atoms with Gasteiger partial charge in [-0.2, -0.15) is 0 Å². The van der Waals surface area contributed by atoms with Gasteiger partial charge in [0.1, 0.15) is 11.4 Å². The molecule has 2 aromatic rings. The monoisotopic (exact) mass is 303 g/mol. The van der Waals surface area contributed by atoms with Crippen LogP contribution in [0.25, 0.3) is 0 Å². The van der Waals surface area contributed by atoms with E-state index in [1.165, 1.54) is 5.56 Å². The Morgan fingerprint density at radius 3 is 2.72 bits per heavy atom. The van der Waals surface area contributed by atoms with Gasteiger partial charge in [0.2, 0.25) is 0 Å². The SMILES string of the molecule is CC1(c2ccccc2)CNc2cc(Br)ccc2O1. The molecular formula is C15H14BrNO. The molecule has 3 heteroatoms. The van der Waals surface area contributed by atoms with Crippen LogP contribution in [0.1, 0.15) is 12.5 Å². The summed E-state index contributed by atoms with van der Waals surface area (Å²) in [6.45, 7) is 2.88. The molecule has 18 heavy (non-hydrogen) atoms. The summed E-state index contributed by atoms with van der Waals surface area (Å²) in [7, 11) is 0. The lowest BCUT2D eigenvalue weighted by atomic mass is 9.94. The number of rotatable bonds is 1. The highest BCUT2D eigenvalue weighted by molar-refractivity contribution is 9.10. The molecular weight excluding hydrogens is 290 g/mol. The van der Waals surface area contributed by atoms with Crippen molar-refractivity contribution in [2.45, 2.75) is 12.5 Å². The topological polar surface area (TPSA) is 21.3 Å². The van der Waals surface area contributed by atoms with Crippen molar-refractivity contribution in [1.29, 1.82) is 0 Å². The first kappa shape index (κ1) is 11.6. The number of ether oxygens (including phenoxy) is 1. The number of hydrogen-bond acceptors (Lipinski definition) is 2. The quantitative estimate of drug-likeness (QED) is 0.854. The fourth-order valence-corrected chi connectivity index (χ4v) is 2.58. The molecule has 0 radical (unpaired) electrons. The Labute approximate surface area is 115 Å². The zero-order chi connectivity index (χ0) is 12.6. The van der Waals surface area contributed by atoms with Crippen molar-refractivity contribution < 1.29 is 4.74 Å². The van der Waals surface area contributed by atoms with Gasteiger partial charge in [0.15, 0.2) is 0 Å². The Morgan fingerprint density at radius 2 is 1.94 bits per heavy atom. The molecule has 0 spiro atoms. The molecule has 2 nitrogen and oxygen atoms in total. The average molecular weight is 304 g/mol. The maximum Gasteiger partial charge on any atom is 0.148 e. The van der Waals surface area contributed by atoms with Crippen LogP contribution in [0, 0.1) is 0 Å². The molecule has 2 aromatic carbocycles. The lowest BCUT2D eigenvalue weighted by Gasteiger charge is -2.37. The van der Waals surface area contributed by atoms with Crippen LogP contribution in [0.3, 0.4) is 0 Å². The van der Waals surface area contributed by atoms with E-state index in [-0.39, 0.29) is 5.60 Å². The van der Waals surface area contributed by atoms with Crippen molar-refractivity contribution in [3.05, 3.63) is 58.6 Å². The average Bonchev–Trinajstić information content (AvgIpc) is 2.40. The Kier molecular flexibility index (Phi) is 2.78. The predicted molar refractivity (Wildman–Crippen MR) is 77.1 cm³/mol. The number of hydrogen-bond donors (Lipinski definition) is 1. The predicted octanol–water partition coefficient (Wildman–Crippen LogP) is 4.17. The van der Waals surface area contributed by atoms with E-state index in [0.717, 1.165) is 22.5 Å². The number of halogens is 1. The first-order chi connectivity index (χ1) is 8.67. The molecule has 0 bridgehead atoms. The number of nitrogens with one attached hydrogen (secondary N) is 1. The van der Waals surface area contributed by atoms with Gasteiger partial charge in [-0.15, -0.1) is 0 Å². The third kappa shape index (κ3) is 1.99. The van der Waals surface area contributed by atoms with Crippen LogP contribution in [0.15, 0.2) is 53.0 Å². The Hall–Kier alpha value is -1.48. The van der Waals surface area contributed by atoms with Crippen LogP contribution >= 0.6 is 15.9 Å². The van der Waals surface area contributed by atoms with E-state index in [1.54, 1.807) is 0 Å². The number of fused-ring (bicyclic) bond motifs is 1. The smallest absolute Gasteiger partial charge is 0.148 e. The summed E-state index contributed by atoms with van der Waals surface area (Å²) in [5.74, 6) is 0.899. The summed E-state index contributed by atoms with van der Waals surface area (Å²) in [5.41, 5.74) is 1.91. The van der Waals surface area contributed by atoms with Gasteiger partial charge >= 0.3 is 0 Å². The van der Waals surface area contributed by atoms with Gasteiger partial charge < -0.3 is 10.1 Å². The number of anilines is 1. The van der Waals surface area contributed by atoms with E-state index in [4.69, 9.17) is 4.74 Å². The molecule has 0 saturated heterocycles. The fraction of sp³-hybridized carbons (Fsp3) is 0.200. The highest BCUT2D eigenvalue weighted by Gasteiger charge is 2.33. The van der Waals surface area contributed by atoms with E-state index in [1.807, 2.05) is 36.4 Å². The zero-order valence-corrected chi connectivity index (χ0v) is 11.7. The van der Waals surface area contributed by atoms with Crippen molar-refractivity contribution in [2.24, 2.45) is 0 Å². The van der Waals surface area contributed by atoms with E-state index in [9.17, 15) is 0 Å². The van der Waals surface area contributed by atoms with Gasteiger partial charge in [-0.25, -0.2) is 0 Å². The van der Waals surface area contributed by atoms with Crippen molar-refractivity contribution >= 4 is 21.6 Å². The van der Waals surface area contributed by atoms with Gasteiger partial charge in [-0.1, -0.05) is 46.3 Å². The third-order valence-corrected chi connectivity index (χ3v) is 3.77. The summed E-state index contributed by atoms with van der Waals surface area (Å²) in [4.78, 5) is 0. The molecule has 0 aromatic heterocycles. The second-order valence-corrected chi connectivity index (χ2v) is 5.61. The van der Waals surface area contributed by atoms with E-state index in [0.29, 0.717) is 0 Å². The van der Waals surface area contributed by atoms with Gasteiger partial charge in [0.05, 0.1) is 12.2 Å². The van der Waals surface area contributed by atoms with Crippen LogP contribution in [0.2, 0.25) is 0 Å². The van der Waals surface area contributed by atoms with Crippen LogP contribution < -0.4 is 10.1 Å². The molecule has 1 N–H and O–H groups in total. The normalized spacial score (nSPS) is 21.7. The molecule has 0 aliphatic carbocycles. The van der Waals surface area contributed by atoms with Crippen molar-refractivity contribution in [3.63, 3.8) is 0 Å². The molecule has 0 fully saturated rings. The molecule has 1 unspecified atom stereocenters. The minimum atomic E-state index is -0.317. The van der Waals surface area contributed by atoms with E-state index in [2.05, 4.69) is 40.3 Å². The summed E-state index contributed by atoms with van der Waals surface area (Å²) >= 11 is 3.47. The Balaban J connectivity index is 1.97. The van der Waals surface area contributed by atoms with Gasteiger partial charge in [0, 0.05) is 4.47 Å². The lowest BCUT2D eigenvalue weighted by molar-refractivity contribution is 0.0939. The first-order valence-corrected chi connectivity index (χ1v) is 6.75. The van der Waals surface area contributed by atoms with Gasteiger partial charge in [-0.05, 0) is 30.7 Å². The van der Waals surface area contributed by atoms with Crippen LogP contribution in [-0.4, -0.2) is 6.54 Å². The lowest BCUT2D eigenvalue weighted by Crippen LogP contribution is -2.40.